The van der Waals surface area contributed by atoms with Crippen LogP contribution >= 0.6 is 0 Å². The number of carboxylic acids is 2. The molecule has 6 rings (SSSR count). The topological polar surface area (TPSA) is 157 Å². The number of carbonyl (C=O) groups is 4. The fourth-order valence-corrected chi connectivity index (χ4v) is 5.59. The molecule has 0 spiro atoms. The summed E-state index contributed by atoms with van der Waals surface area (Å²) in [5, 5.41) is 29.3. The number of amides is 2. The zero-order chi connectivity index (χ0) is 34.8. The number of carbonyl (C=O) groups excluding carboxylic acids is 2. The number of hydrogen-bond donors (Lipinski definition) is 6. The Morgan fingerprint density at radius 2 is 1.12 bits per heavy atom. The van der Waals surface area contributed by atoms with E-state index in [2.05, 4.69) is 21.3 Å². The molecule has 10 nitrogen and oxygen atoms in total. The standard InChI is InChI=1S/C20H20N2O3.C19H18N2O3/c1-13-4-2-6-17-19(13)16(20(25)22-17)12-21-15-10-8-14(9-11-15)5-3-7-18(23)24;22-18(23)7-3-4-13-8-10-14(11-9-13)20-12-16-15-5-1-2-6-17(15)21-19(16)24/h2,4,6,8-12,21H,3,5,7H2,1H3,(H,22,25)(H,23,24);1-2,5-6,8-12,20H,3-4,7H2,(H,21,24)(H,22,23). The van der Waals surface area contributed by atoms with Crippen LogP contribution in [0, 0.1) is 6.92 Å². The molecule has 0 bridgehead atoms. The van der Waals surface area contributed by atoms with Gasteiger partial charge in [0.25, 0.3) is 11.8 Å². The Bertz CT molecular complexity index is 1910. The summed E-state index contributed by atoms with van der Waals surface area (Å²) in [7, 11) is 0. The van der Waals surface area contributed by atoms with Gasteiger partial charge in [-0.3, -0.25) is 19.2 Å². The third-order valence-corrected chi connectivity index (χ3v) is 8.13. The summed E-state index contributed by atoms with van der Waals surface area (Å²) in [6, 6.07) is 28.9. The fourth-order valence-electron chi connectivity index (χ4n) is 5.59. The van der Waals surface area contributed by atoms with E-state index < -0.39 is 11.9 Å². The van der Waals surface area contributed by atoms with Gasteiger partial charge in [-0.25, -0.2) is 0 Å². The molecule has 6 N–H and O–H groups in total. The second-order valence-corrected chi connectivity index (χ2v) is 11.7. The monoisotopic (exact) mass is 658 g/mol. The average Bonchev–Trinajstić information content (AvgIpc) is 3.59. The molecule has 2 heterocycles. The number of aliphatic carboxylic acids is 2. The summed E-state index contributed by atoms with van der Waals surface area (Å²) in [5.41, 5.74) is 9.72. The molecule has 0 atom stereocenters. The highest BCUT2D eigenvalue weighted by Crippen LogP contribution is 2.34. The van der Waals surface area contributed by atoms with Gasteiger partial charge in [0.2, 0.25) is 0 Å². The van der Waals surface area contributed by atoms with E-state index >= 15 is 0 Å². The van der Waals surface area contributed by atoms with E-state index in [1.807, 2.05) is 97.9 Å². The number of rotatable bonds is 12. The van der Waals surface area contributed by atoms with E-state index in [9.17, 15) is 19.2 Å². The third kappa shape index (κ3) is 9.23. The fraction of sp³-hybridized carbons (Fsp3) is 0.179. The first-order valence-electron chi connectivity index (χ1n) is 16.0. The Morgan fingerprint density at radius 3 is 1.69 bits per heavy atom. The smallest absolute Gasteiger partial charge is 0.303 e. The molecule has 10 heteroatoms. The molecule has 250 valence electrons. The molecule has 0 unspecified atom stereocenters. The van der Waals surface area contributed by atoms with Crippen molar-refractivity contribution in [2.45, 2.75) is 45.4 Å². The second kappa shape index (κ2) is 16.1. The molecule has 2 aliphatic rings. The summed E-state index contributed by atoms with van der Waals surface area (Å²) in [5.74, 6) is -1.76. The van der Waals surface area contributed by atoms with Gasteiger partial charge >= 0.3 is 11.9 Å². The first-order chi connectivity index (χ1) is 23.7. The van der Waals surface area contributed by atoms with Gasteiger partial charge in [0.1, 0.15) is 0 Å². The predicted molar refractivity (Wildman–Crippen MR) is 192 cm³/mol. The molecule has 0 saturated heterocycles. The molecule has 0 radical (unpaired) electrons. The van der Waals surface area contributed by atoms with Crippen molar-refractivity contribution in [3.05, 3.63) is 131 Å². The molecule has 4 aromatic carbocycles. The minimum Gasteiger partial charge on any atom is -0.481 e. The van der Waals surface area contributed by atoms with Crippen molar-refractivity contribution < 1.29 is 29.4 Å². The molecule has 2 amide bonds. The first kappa shape index (κ1) is 34.2. The van der Waals surface area contributed by atoms with Crippen molar-refractivity contribution in [1.29, 1.82) is 0 Å². The second-order valence-electron chi connectivity index (χ2n) is 11.7. The van der Waals surface area contributed by atoms with Crippen molar-refractivity contribution in [3.8, 4) is 0 Å². The molecule has 0 saturated carbocycles. The van der Waals surface area contributed by atoms with E-state index in [-0.39, 0.29) is 24.7 Å². The molecule has 0 aliphatic carbocycles. The van der Waals surface area contributed by atoms with Gasteiger partial charge in [0.15, 0.2) is 0 Å². The highest BCUT2D eigenvalue weighted by molar-refractivity contribution is 6.32. The lowest BCUT2D eigenvalue weighted by atomic mass is 10.0. The largest absolute Gasteiger partial charge is 0.481 e. The Kier molecular flexibility index (Phi) is 11.2. The quantitative estimate of drug-likeness (QED) is 0.0866. The zero-order valence-corrected chi connectivity index (χ0v) is 27.1. The maximum Gasteiger partial charge on any atom is 0.303 e. The highest BCUT2D eigenvalue weighted by Gasteiger charge is 2.25. The van der Waals surface area contributed by atoms with E-state index in [0.29, 0.717) is 24.0 Å². The van der Waals surface area contributed by atoms with Gasteiger partial charge in [-0.15, -0.1) is 0 Å². The molecule has 49 heavy (non-hydrogen) atoms. The first-order valence-corrected chi connectivity index (χ1v) is 16.0. The van der Waals surface area contributed by atoms with Gasteiger partial charge in [0, 0.05) is 59.1 Å². The van der Waals surface area contributed by atoms with Gasteiger partial charge in [-0.1, -0.05) is 54.6 Å². The van der Waals surface area contributed by atoms with Crippen molar-refractivity contribution in [2.24, 2.45) is 0 Å². The molecular weight excluding hydrogens is 620 g/mol. The van der Waals surface area contributed by atoms with E-state index in [0.717, 1.165) is 63.4 Å². The van der Waals surface area contributed by atoms with Crippen molar-refractivity contribution in [1.82, 2.24) is 0 Å². The normalized spacial score (nSPS) is 14.3. The zero-order valence-electron chi connectivity index (χ0n) is 27.1. The number of nitrogens with one attached hydrogen (secondary N) is 4. The van der Waals surface area contributed by atoms with Crippen LogP contribution in [0.2, 0.25) is 0 Å². The van der Waals surface area contributed by atoms with E-state index in [1.165, 1.54) is 0 Å². The lowest BCUT2D eigenvalue weighted by Gasteiger charge is -2.06. The Labute approximate surface area is 284 Å². The average molecular weight is 659 g/mol. The van der Waals surface area contributed by atoms with Crippen LogP contribution in [0.5, 0.6) is 0 Å². The molecule has 0 aromatic heterocycles. The van der Waals surface area contributed by atoms with Crippen LogP contribution in [0.25, 0.3) is 11.1 Å². The number of carboxylic acid groups (broad SMARTS) is 2. The van der Waals surface area contributed by atoms with Crippen LogP contribution in [-0.2, 0) is 32.0 Å². The molecular formula is C39H38N4O6. The van der Waals surface area contributed by atoms with Crippen LogP contribution in [0.3, 0.4) is 0 Å². The van der Waals surface area contributed by atoms with E-state index in [1.54, 1.807) is 12.4 Å². The van der Waals surface area contributed by atoms with Crippen LogP contribution in [0.15, 0.2) is 103 Å². The third-order valence-electron chi connectivity index (χ3n) is 8.13. The SMILES string of the molecule is Cc1cccc2c1C(=CNc1ccc(CCCC(=O)O)cc1)C(=O)N2.O=C(O)CCCc1ccc(NC=C2C(=O)Nc3ccccc32)cc1. The Morgan fingerprint density at radius 1 is 0.633 bits per heavy atom. The van der Waals surface area contributed by atoms with Crippen molar-refractivity contribution >= 4 is 57.6 Å². The summed E-state index contributed by atoms with van der Waals surface area (Å²) in [4.78, 5) is 45.2. The van der Waals surface area contributed by atoms with Gasteiger partial charge in [-0.05, 0) is 85.7 Å². The number of para-hydroxylation sites is 1. The number of fused-ring (bicyclic) bond motifs is 2. The minimum absolute atomic E-state index is 0.109. The number of benzene rings is 4. The maximum absolute atomic E-state index is 12.2. The van der Waals surface area contributed by atoms with Crippen LogP contribution in [0.1, 0.15) is 53.5 Å². The lowest BCUT2D eigenvalue weighted by Crippen LogP contribution is -2.05. The Balaban J connectivity index is 0.000000191. The van der Waals surface area contributed by atoms with Gasteiger partial charge in [-0.2, -0.15) is 0 Å². The van der Waals surface area contributed by atoms with Crippen molar-refractivity contribution in [2.75, 3.05) is 21.3 Å². The number of anilines is 4. The van der Waals surface area contributed by atoms with Gasteiger partial charge in [0.05, 0.1) is 11.1 Å². The summed E-state index contributed by atoms with van der Waals surface area (Å²) >= 11 is 0. The Hall–Kier alpha value is -6.16. The van der Waals surface area contributed by atoms with Crippen LogP contribution in [-0.4, -0.2) is 34.0 Å². The molecule has 2 aliphatic heterocycles. The van der Waals surface area contributed by atoms with Crippen molar-refractivity contribution in [3.63, 3.8) is 0 Å². The molecule has 0 fully saturated rings. The van der Waals surface area contributed by atoms with Crippen LogP contribution < -0.4 is 21.3 Å². The van der Waals surface area contributed by atoms with Crippen LogP contribution in [0.4, 0.5) is 22.7 Å². The predicted octanol–water partition coefficient (Wildman–Crippen LogP) is 7.31. The van der Waals surface area contributed by atoms with E-state index in [4.69, 9.17) is 10.2 Å². The lowest BCUT2D eigenvalue weighted by molar-refractivity contribution is -0.138. The maximum atomic E-state index is 12.2. The summed E-state index contributed by atoms with van der Waals surface area (Å²) in [6.45, 7) is 1.98. The molecule has 4 aromatic rings. The highest BCUT2D eigenvalue weighted by atomic mass is 16.4. The van der Waals surface area contributed by atoms with Gasteiger partial charge < -0.3 is 31.5 Å². The number of hydrogen-bond acceptors (Lipinski definition) is 6. The number of aryl methyl sites for hydroxylation is 3. The minimum atomic E-state index is -0.768. The summed E-state index contributed by atoms with van der Waals surface area (Å²) < 4.78 is 0. The summed E-state index contributed by atoms with van der Waals surface area (Å²) in [6.07, 6.45) is 6.53.